The molecule has 2 N–H and O–H groups in total. The first kappa shape index (κ1) is 12.2. The van der Waals surface area contributed by atoms with Gasteiger partial charge < -0.3 is 9.84 Å². The number of nitrogens with zero attached hydrogens (tertiary/aromatic N) is 3. The van der Waals surface area contributed by atoms with Gasteiger partial charge in [0, 0.05) is 30.9 Å². The highest BCUT2D eigenvalue weighted by molar-refractivity contribution is 5.88. The van der Waals surface area contributed by atoms with Gasteiger partial charge in [0.15, 0.2) is 5.82 Å². The summed E-state index contributed by atoms with van der Waals surface area (Å²) < 4.78 is 6.64. The van der Waals surface area contributed by atoms with Gasteiger partial charge in [0.25, 0.3) is 0 Å². The van der Waals surface area contributed by atoms with Crippen LogP contribution in [0.2, 0.25) is 0 Å². The molecule has 2 aromatic heterocycles. The monoisotopic (exact) mass is 249 g/mol. The topological polar surface area (TPSA) is 85.0 Å². The largest absolute Gasteiger partial charge is 0.360 e. The van der Waals surface area contributed by atoms with Crippen LogP contribution in [0.15, 0.2) is 23.0 Å². The van der Waals surface area contributed by atoms with Gasteiger partial charge in [0.05, 0.1) is 6.20 Å². The molecule has 0 aliphatic rings. The van der Waals surface area contributed by atoms with Crippen LogP contribution < -0.4 is 10.6 Å². The van der Waals surface area contributed by atoms with E-state index >= 15 is 0 Å². The average molecular weight is 249 g/mol. The zero-order valence-corrected chi connectivity index (χ0v) is 10.3. The van der Waals surface area contributed by atoms with Crippen molar-refractivity contribution >= 4 is 11.8 Å². The van der Waals surface area contributed by atoms with Crippen molar-refractivity contribution in [1.82, 2.24) is 20.3 Å². The van der Waals surface area contributed by atoms with Gasteiger partial charge in [0.2, 0.25) is 0 Å². The van der Waals surface area contributed by atoms with E-state index in [0.29, 0.717) is 18.1 Å². The van der Waals surface area contributed by atoms with Gasteiger partial charge in [-0.2, -0.15) is 5.10 Å². The summed E-state index contributed by atoms with van der Waals surface area (Å²) in [5.74, 6) is 1.05. The Bertz CT molecular complexity index is 531. The van der Waals surface area contributed by atoms with Crippen molar-refractivity contribution in [2.24, 2.45) is 0 Å². The molecular formula is C11H15N5O2. The molecule has 7 heteroatoms. The Kier molecular flexibility index (Phi) is 3.61. The summed E-state index contributed by atoms with van der Waals surface area (Å²) in [7, 11) is 0. The lowest BCUT2D eigenvalue weighted by Crippen LogP contribution is -2.28. The molecule has 0 aliphatic heterocycles. The van der Waals surface area contributed by atoms with E-state index in [-0.39, 0.29) is 6.03 Å². The molecule has 2 aromatic rings. The summed E-state index contributed by atoms with van der Waals surface area (Å²) in [6, 6.07) is 1.32. The first-order chi connectivity index (χ1) is 8.67. The zero-order chi connectivity index (χ0) is 13.0. The molecule has 96 valence electrons. The fourth-order valence-corrected chi connectivity index (χ4v) is 1.44. The summed E-state index contributed by atoms with van der Waals surface area (Å²) in [6.07, 6.45) is 3.62. The summed E-state index contributed by atoms with van der Waals surface area (Å²) in [6.45, 7) is 4.99. The third kappa shape index (κ3) is 3.09. The van der Waals surface area contributed by atoms with Crippen LogP contribution in [-0.4, -0.2) is 21.0 Å². The second kappa shape index (κ2) is 5.35. The van der Waals surface area contributed by atoms with E-state index < -0.39 is 0 Å². The van der Waals surface area contributed by atoms with Gasteiger partial charge in [-0.15, -0.1) is 0 Å². The maximum atomic E-state index is 11.5. The van der Waals surface area contributed by atoms with Crippen molar-refractivity contribution in [3.8, 4) is 0 Å². The fraction of sp³-hybridized carbons (Fsp3) is 0.364. The number of amides is 2. The summed E-state index contributed by atoms with van der Waals surface area (Å²) in [4.78, 5) is 11.5. The molecule has 2 heterocycles. The average Bonchev–Trinajstić information content (AvgIpc) is 2.95. The maximum Gasteiger partial charge on any atom is 0.320 e. The van der Waals surface area contributed by atoms with Crippen LogP contribution in [0.3, 0.4) is 0 Å². The van der Waals surface area contributed by atoms with Crippen LogP contribution in [0, 0.1) is 6.92 Å². The lowest BCUT2D eigenvalue weighted by Gasteiger charge is -2.02. The van der Waals surface area contributed by atoms with Crippen molar-refractivity contribution in [1.29, 1.82) is 0 Å². The van der Waals surface area contributed by atoms with E-state index in [4.69, 9.17) is 4.52 Å². The van der Waals surface area contributed by atoms with Crippen molar-refractivity contribution in [2.75, 3.05) is 5.32 Å². The van der Waals surface area contributed by atoms with Crippen molar-refractivity contribution in [3.63, 3.8) is 0 Å². The van der Waals surface area contributed by atoms with Crippen LogP contribution in [0.1, 0.15) is 18.2 Å². The number of urea groups is 1. The van der Waals surface area contributed by atoms with Gasteiger partial charge >= 0.3 is 6.03 Å². The molecule has 0 unspecified atom stereocenters. The van der Waals surface area contributed by atoms with Gasteiger partial charge in [-0.25, -0.2) is 4.79 Å². The fourth-order valence-electron chi connectivity index (χ4n) is 1.44. The molecule has 0 aromatic carbocycles. The van der Waals surface area contributed by atoms with E-state index in [9.17, 15) is 4.79 Å². The number of aryl methyl sites for hydroxylation is 2. The number of nitrogens with one attached hydrogen (secondary N) is 2. The number of anilines is 1. The molecule has 0 saturated carbocycles. The van der Waals surface area contributed by atoms with E-state index in [2.05, 4.69) is 20.9 Å². The number of rotatable bonds is 4. The SMILES string of the molecule is CCn1cc(CNC(=O)Nc2cc(C)on2)cn1. The Morgan fingerprint density at radius 2 is 2.39 bits per heavy atom. The Morgan fingerprint density at radius 1 is 1.56 bits per heavy atom. The second-order valence-electron chi connectivity index (χ2n) is 3.83. The molecule has 2 amide bonds. The van der Waals surface area contributed by atoms with E-state index in [1.807, 2.05) is 13.1 Å². The van der Waals surface area contributed by atoms with Gasteiger partial charge in [-0.05, 0) is 13.8 Å². The zero-order valence-electron chi connectivity index (χ0n) is 10.3. The van der Waals surface area contributed by atoms with E-state index in [0.717, 1.165) is 12.1 Å². The van der Waals surface area contributed by atoms with Gasteiger partial charge in [-0.3, -0.25) is 10.00 Å². The lowest BCUT2D eigenvalue weighted by molar-refractivity contribution is 0.251. The lowest BCUT2D eigenvalue weighted by atomic mass is 10.4. The molecule has 7 nitrogen and oxygen atoms in total. The Morgan fingerprint density at radius 3 is 3.00 bits per heavy atom. The second-order valence-corrected chi connectivity index (χ2v) is 3.83. The molecule has 2 rings (SSSR count). The quantitative estimate of drug-likeness (QED) is 0.860. The third-order valence-electron chi connectivity index (χ3n) is 2.33. The highest BCUT2D eigenvalue weighted by Crippen LogP contribution is 2.06. The number of carbonyl (C=O) groups excluding carboxylic acids is 1. The molecule has 0 spiro atoms. The van der Waals surface area contributed by atoms with Gasteiger partial charge in [-0.1, -0.05) is 5.16 Å². The van der Waals surface area contributed by atoms with E-state index in [1.165, 1.54) is 0 Å². The summed E-state index contributed by atoms with van der Waals surface area (Å²) in [5.41, 5.74) is 0.948. The predicted octanol–water partition coefficient (Wildman–Crippen LogP) is 1.52. The minimum absolute atomic E-state index is 0.326. The molecule has 0 aliphatic carbocycles. The maximum absolute atomic E-state index is 11.5. The van der Waals surface area contributed by atoms with Crippen LogP contribution >= 0.6 is 0 Å². The number of aromatic nitrogens is 3. The first-order valence-corrected chi connectivity index (χ1v) is 5.67. The normalized spacial score (nSPS) is 10.3. The minimum Gasteiger partial charge on any atom is -0.360 e. The molecule has 0 bridgehead atoms. The van der Waals surface area contributed by atoms with Crippen LogP contribution in [-0.2, 0) is 13.1 Å². The molecule has 0 atom stereocenters. The highest BCUT2D eigenvalue weighted by atomic mass is 16.5. The molecule has 0 fully saturated rings. The highest BCUT2D eigenvalue weighted by Gasteiger charge is 2.06. The van der Waals surface area contributed by atoms with Gasteiger partial charge in [0.1, 0.15) is 5.76 Å². The molecular weight excluding hydrogens is 234 g/mol. The molecule has 0 radical (unpaired) electrons. The van der Waals surface area contributed by atoms with Crippen molar-refractivity contribution < 1.29 is 9.32 Å². The number of hydrogen-bond acceptors (Lipinski definition) is 4. The molecule has 0 saturated heterocycles. The van der Waals surface area contributed by atoms with Crippen molar-refractivity contribution in [2.45, 2.75) is 26.9 Å². The van der Waals surface area contributed by atoms with E-state index in [1.54, 1.807) is 23.9 Å². The van der Waals surface area contributed by atoms with Crippen LogP contribution in [0.5, 0.6) is 0 Å². The minimum atomic E-state index is -0.326. The summed E-state index contributed by atoms with van der Waals surface area (Å²) in [5, 5.41) is 13.1. The Labute approximate surface area is 104 Å². The Hall–Kier alpha value is -2.31. The molecule has 18 heavy (non-hydrogen) atoms. The van der Waals surface area contributed by atoms with Crippen molar-refractivity contribution in [3.05, 3.63) is 29.8 Å². The number of carbonyl (C=O) groups is 1. The smallest absolute Gasteiger partial charge is 0.320 e. The first-order valence-electron chi connectivity index (χ1n) is 5.67. The third-order valence-corrected chi connectivity index (χ3v) is 2.33. The van der Waals surface area contributed by atoms with Crippen LogP contribution in [0.25, 0.3) is 0 Å². The number of hydrogen-bond donors (Lipinski definition) is 2. The predicted molar refractivity (Wildman–Crippen MR) is 65.0 cm³/mol. The summed E-state index contributed by atoms with van der Waals surface area (Å²) >= 11 is 0. The standard InChI is InChI=1S/C11H15N5O2/c1-3-16-7-9(6-13-16)5-12-11(17)14-10-4-8(2)18-15-10/h4,6-7H,3,5H2,1-2H3,(H2,12,14,15,17). The Balaban J connectivity index is 1.81. The van der Waals surface area contributed by atoms with Crippen LogP contribution in [0.4, 0.5) is 10.6 Å².